The zero-order chi connectivity index (χ0) is 17.8. The largest absolute Gasteiger partial charge is 0.333 e. The van der Waals surface area contributed by atoms with Gasteiger partial charge >= 0.3 is 0 Å². The summed E-state index contributed by atoms with van der Waals surface area (Å²) in [6.07, 6.45) is 3.56. The van der Waals surface area contributed by atoms with Crippen LogP contribution in [0.1, 0.15) is 11.1 Å². The maximum absolute atomic E-state index is 10.8. The number of nitro groups is 1. The van der Waals surface area contributed by atoms with E-state index in [0.29, 0.717) is 11.1 Å². The van der Waals surface area contributed by atoms with E-state index >= 15 is 0 Å². The van der Waals surface area contributed by atoms with Crippen LogP contribution in [0.25, 0.3) is 22.6 Å². The summed E-state index contributed by atoms with van der Waals surface area (Å²) in [5, 5.41) is 30.1. The second-order valence-electron chi connectivity index (χ2n) is 5.36. The molecule has 0 N–H and O–H groups in total. The number of rotatable bonds is 4. The summed E-state index contributed by atoms with van der Waals surface area (Å²) in [5.74, 6) is 0. The van der Waals surface area contributed by atoms with Crippen LogP contribution in [-0.2, 0) is 6.54 Å². The molecule has 3 aromatic rings. The van der Waals surface area contributed by atoms with Crippen LogP contribution in [0.15, 0.2) is 54.7 Å². The fourth-order valence-corrected chi connectivity index (χ4v) is 2.70. The minimum absolute atomic E-state index is 0.0216. The predicted octanol–water partition coefficient (Wildman–Crippen LogP) is 4.14. The zero-order valence-corrected chi connectivity index (χ0v) is 13.1. The molecule has 0 amide bonds. The standard InChI is InChI=1S/C19H12N4O2/c20-9-10-22-13-16(18-3-1-2-4-19(18)22)11-15(12-21)14-5-7-17(8-6-14)23(24)25/h1-8,11,13H,10H2/b15-11-. The Morgan fingerprint density at radius 2 is 1.88 bits per heavy atom. The summed E-state index contributed by atoms with van der Waals surface area (Å²) in [5.41, 5.74) is 2.71. The Bertz CT molecular complexity index is 1060. The first-order valence-electron chi connectivity index (χ1n) is 7.45. The number of aromatic nitrogens is 1. The van der Waals surface area contributed by atoms with Crippen molar-refractivity contribution >= 4 is 28.2 Å². The lowest BCUT2D eigenvalue weighted by Gasteiger charge is -1.99. The highest BCUT2D eigenvalue weighted by Gasteiger charge is 2.10. The molecule has 0 aliphatic carbocycles. The highest BCUT2D eigenvalue weighted by atomic mass is 16.6. The molecule has 0 aliphatic rings. The quantitative estimate of drug-likeness (QED) is 0.408. The normalized spacial score (nSPS) is 11.0. The van der Waals surface area contributed by atoms with E-state index in [1.54, 1.807) is 18.2 Å². The van der Waals surface area contributed by atoms with Crippen LogP contribution < -0.4 is 0 Å². The van der Waals surface area contributed by atoms with Gasteiger partial charge in [0, 0.05) is 34.8 Å². The van der Waals surface area contributed by atoms with E-state index in [1.165, 1.54) is 12.1 Å². The SMILES string of the molecule is N#CCn1cc(/C=C(/C#N)c2ccc([N+](=O)[O-])cc2)c2ccccc21. The second kappa shape index (κ2) is 6.69. The third kappa shape index (κ3) is 3.10. The minimum Gasteiger partial charge on any atom is -0.333 e. The second-order valence-corrected chi connectivity index (χ2v) is 5.36. The van der Waals surface area contributed by atoms with Gasteiger partial charge in [-0.05, 0) is 29.8 Å². The first-order valence-corrected chi connectivity index (χ1v) is 7.45. The van der Waals surface area contributed by atoms with Crippen LogP contribution in [0.5, 0.6) is 0 Å². The van der Waals surface area contributed by atoms with Crippen molar-refractivity contribution in [1.82, 2.24) is 4.57 Å². The van der Waals surface area contributed by atoms with Crippen molar-refractivity contribution in [3.05, 3.63) is 76.0 Å². The number of nitriles is 2. The van der Waals surface area contributed by atoms with Gasteiger partial charge in [0.25, 0.3) is 5.69 Å². The number of hydrogen-bond acceptors (Lipinski definition) is 4. The number of nitro benzene ring substituents is 1. The van der Waals surface area contributed by atoms with Crippen molar-refractivity contribution in [1.29, 1.82) is 10.5 Å². The molecule has 25 heavy (non-hydrogen) atoms. The zero-order valence-electron chi connectivity index (χ0n) is 13.1. The molecule has 3 rings (SSSR count). The van der Waals surface area contributed by atoms with E-state index in [0.717, 1.165) is 16.5 Å². The van der Waals surface area contributed by atoms with Crippen molar-refractivity contribution in [2.45, 2.75) is 6.54 Å². The van der Waals surface area contributed by atoms with Crippen molar-refractivity contribution in [2.24, 2.45) is 0 Å². The molecule has 2 aromatic carbocycles. The lowest BCUT2D eigenvalue weighted by molar-refractivity contribution is -0.384. The maximum atomic E-state index is 10.8. The number of hydrogen-bond donors (Lipinski definition) is 0. The molecule has 6 nitrogen and oxygen atoms in total. The Kier molecular flexibility index (Phi) is 4.28. The summed E-state index contributed by atoms with van der Waals surface area (Å²) in [6, 6.07) is 17.8. The average Bonchev–Trinajstić information content (AvgIpc) is 2.98. The van der Waals surface area contributed by atoms with Crippen molar-refractivity contribution in [3.63, 3.8) is 0 Å². The van der Waals surface area contributed by atoms with Gasteiger partial charge in [-0.3, -0.25) is 10.1 Å². The Morgan fingerprint density at radius 3 is 2.52 bits per heavy atom. The van der Waals surface area contributed by atoms with Gasteiger partial charge in [-0.25, -0.2) is 0 Å². The molecule has 0 unspecified atom stereocenters. The third-order valence-electron chi connectivity index (χ3n) is 3.87. The Labute approximate surface area is 143 Å². The highest BCUT2D eigenvalue weighted by Crippen LogP contribution is 2.26. The van der Waals surface area contributed by atoms with Gasteiger partial charge in [0.1, 0.15) is 6.54 Å². The summed E-state index contributed by atoms with van der Waals surface area (Å²) in [7, 11) is 0. The maximum Gasteiger partial charge on any atom is 0.269 e. The van der Waals surface area contributed by atoms with Gasteiger partial charge in [-0.2, -0.15) is 10.5 Å². The number of allylic oxidation sites excluding steroid dienone is 1. The van der Waals surface area contributed by atoms with Crippen LogP contribution in [0, 0.1) is 32.8 Å². The van der Waals surface area contributed by atoms with E-state index in [4.69, 9.17) is 5.26 Å². The number of para-hydroxylation sites is 1. The molecular formula is C19H12N4O2. The Hall–Kier alpha value is -3.90. The number of fused-ring (bicyclic) bond motifs is 1. The molecule has 0 spiro atoms. The smallest absolute Gasteiger partial charge is 0.269 e. The van der Waals surface area contributed by atoms with Crippen LogP contribution in [0.2, 0.25) is 0 Å². The van der Waals surface area contributed by atoms with Gasteiger partial charge in [0.05, 0.1) is 22.6 Å². The summed E-state index contributed by atoms with van der Waals surface area (Å²) < 4.78 is 1.83. The molecule has 0 saturated heterocycles. The molecule has 0 bridgehead atoms. The van der Waals surface area contributed by atoms with E-state index in [-0.39, 0.29) is 12.2 Å². The van der Waals surface area contributed by atoms with Crippen molar-refractivity contribution < 1.29 is 4.92 Å². The molecule has 0 aliphatic heterocycles. The van der Waals surface area contributed by atoms with Crippen LogP contribution in [0.4, 0.5) is 5.69 Å². The number of non-ortho nitro benzene ring substituents is 1. The summed E-state index contributed by atoms with van der Waals surface area (Å²) >= 11 is 0. The molecule has 1 heterocycles. The van der Waals surface area contributed by atoms with Gasteiger partial charge in [0.15, 0.2) is 0 Å². The average molecular weight is 328 g/mol. The minimum atomic E-state index is -0.477. The Balaban J connectivity index is 2.09. The van der Waals surface area contributed by atoms with Gasteiger partial charge in [-0.1, -0.05) is 18.2 Å². The van der Waals surface area contributed by atoms with Gasteiger partial charge in [-0.15, -0.1) is 0 Å². The van der Waals surface area contributed by atoms with E-state index in [1.807, 2.05) is 35.0 Å². The lowest BCUT2D eigenvalue weighted by Crippen LogP contribution is -1.91. The molecule has 120 valence electrons. The first kappa shape index (κ1) is 16.0. The van der Waals surface area contributed by atoms with Crippen LogP contribution in [0.3, 0.4) is 0 Å². The van der Waals surface area contributed by atoms with E-state index < -0.39 is 4.92 Å². The molecule has 1 aromatic heterocycles. The van der Waals surface area contributed by atoms with Gasteiger partial charge in [0.2, 0.25) is 0 Å². The molecular weight excluding hydrogens is 316 g/mol. The molecule has 0 fully saturated rings. The van der Waals surface area contributed by atoms with Crippen LogP contribution >= 0.6 is 0 Å². The Morgan fingerprint density at radius 1 is 1.16 bits per heavy atom. The number of nitrogens with zero attached hydrogens (tertiary/aromatic N) is 4. The summed E-state index contributed by atoms with van der Waals surface area (Å²) in [4.78, 5) is 10.3. The predicted molar refractivity (Wildman–Crippen MR) is 94.1 cm³/mol. The molecule has 6 heteroatoms. The van der Waals surface area contributed by atoms with Crippen molar-refractivity contribution in [3.8, 4) is 12.1 Å². The van der Waals surface area contributed by atoms with E-state index in [9.17, 15) is 15.4 Å². The molecule has 0 saturated carbocycles. The topological polar surface area (TPSA) is 95.7 Å². The molecule has 0 radical (unpaired) electrons. The number of benzene rings is 2. The first-order chi connectivity index (χ1) is 12.1. The van der Waals surface area contributed by atoms with E-state index in [2.05, 4.69) is 12.1 Å². The lowest BCUT2D eigenvalue weighted by atomic mass is 10.0. The van der Waals surface area contributed by atoms with Crippen molar-refractivity contribution in [2.75, 3.05) is 0 Å². The summed E-state index contributed by atoms with van der Waals surface area (Å²) in [6.45, 7) is 0.216. The van der Waals surface area contributed by atoms with Crippen LogP contribution in [-0.4, -0.2) is 9.49 Å². The highest BCUT2D eigenvalue weighted by molar-refractivity contribution is 5.98. The monoisotopic (exact) mass is 328 g/mol. The third-order valence-corrected chi connectivity index (χ3v) is 3.87. The fourth-order valence-electron chi connectivity index (χ4n) is 2.70. The van der Waals surface area contributed by atoms with Gasteiger partial charge < -0.3 is 4.57 Å². The fraction of sp³-hybridized carbons (Fsp3) is 0.0526. The molecule has 0 atom stereocenters.